The fourth-order valence-corrected chi connectivity index (χ4v) is 5.05. The average Bonchev–Trinajstić information content (AvgIpc) is 3.22. The highest BCUT2D eigenvalue weighted by molar-refractivity contribution is 7.19. The molecule has 1 aromatic carbocycles. The van der Waals surface area contributed by atoms with E-state index in [2.05, 4.69) is 15.4 Å². The molecule has 1 aliphatic carbocycles. The number of carbonyl (C=O) groups is 1. The Morgan fingerprint density at radius 3 is 2.97 bits per heavy atom. The van der Waals surface area contributed by atoms with E-state index in [0.717, 1.165) is 46.1 Å². The van der Waals surface area contributed by atoms with Gasteiger partial charge in [0.05, 0.1) is 11.1 Å². The first-order valence-electron chi connectivity index (χ1n) is 9.45. The van der Waals surface area contributed by atoms with Crippen molar-refractivity contribution in [1.29, 1.82) is 0 Å². The molecule has 0 bridgehead atoms. The summed E-state index contributed by atoms with van der Waals surface area (Å²) in [4.78, 5) is 31.7. The Bertz CT molecular complexity index is 1340. The molecular weight excluding hydrogens is 393 g/mol. The highest BCUT2D eigenvalue weighted by atomic mass is 32.1. The monoisotopic (exact) mass is 411 g/mol. The number of nitrogens with one attached hydrogen (secondary N) is 1. The fourth-order valence-electron chi connectivity index (χ4n) is 3.83. The Hall–Kier alpha value is -3.07. The molecule has 0 radical (unpaired) electrons. The minimum absolute atomic E-state index is 0.0772. The molecule has 1 N–H and O–H groups in total. The van der Waals surface area contributed by atoms with Crippen LogP contribution >= 0.6 is 11.3 Å². The molecule has 0 fully saturated rings. The first kappa shape index (κ1) is 18.0. The summed E-state index contributed by atoms with van der Waals surface area (Å²) < 4.78 is 16.5. The van der Waals surface area contributed by atoms with Gasteiger partial charge in [0.2, 0.25) is 5.91 Å². The van der Waals surface area contributed by atoms with Crippen LogP contribution in [0, 0.1) is 12.7 Å². The Balaban J connectivity index is 1.51. The van der Waals surface area contributed by atoms with Crippen molar-refractivity contribution < 1.29 is 9.18 Å². The number of nitrogens with zero attached hydrogens (tertiary/aromatic N) is 4. The van der Waals surface area contributed by atoms with Crippen LogP contribution < -0.4 is 11.0 Å². The fraction of sp³-hybridized carbons (Fsp3) is 0.300. The van der Waals surface area contributed by atoms with Gasteiger partial charge in [-0.2, -0.15) is 0 Å². The Kier molecular flexibility index (Phi) is 4.20. The Morgan fingerprint density at radius 2 is 2.14 bits per heavy atom. The van der Waals surface area contributed by atoms with Crippen LogP contribution in [0.4, 0.5) is 10.1 Å². The first-order valence-corrected chi connectivity index (χ1v) is 10.3. The predicted octanol–water partition coefficient (Wildman–Crippen LogP) is 3.07. The lowest BCUT2D eigenvalue weighted by atomic mass is 9.97. The second-order valence-electron chi connectivity index (χ2n) is 7.30. The van der Waals surface area contributed by atoms with Crippen LogP contribution in [0.2, 0.25) is 0 Å². The van der Waals surface area contributed by atoms with Crippen LogP contribution in [0.3, 0.4) is 0 Å². The summed E-state index contributed by atoms with van der Waals surface area (Å²) in [5, 5.41) is 7.83. The zero-order valence-corrected chi connectivity index (χ0v) is 16.6. The van der Waals surface area contributed by atoms with Gasteiger partial charge in [-0.1, -0.05) is 6.07 Å². The lowest BCUT2D eigenvalue weighted by molar-refractivity contribution is -0.117. The van der Waals surface area contributed by atoms with Crippen molar-refractivity contribution in [1.82, 2.24) is 19.2 Å². The van der Waals surface area contributed by atoms with Crippen molar-refractivity contribution in [2.24, 2.45) is 0 Å². The number of aromatic nitrogens is 4. The van der Waals surface area contributed by atoms with Crippen LogP contribution in [0.15, 0.2) is 29.3 Å². The van der Waals surface area contributed by atoms with Crippen molar-refractivity contribution in [3.05, 3.63) is 56.8 Å². The van der Waals surface area contributed by atoms with Crippen molar-refractivity contribution in [3.8, 4) is 0 Å². The molecule has 4 aromatic rings. The van der Waals surface area contributed by atoms with Gasteiger partial charge in [0.15, 0.2) is 5.65 Å². The number of fused-ring (bicyclic) bond motifs is 5. The minimum Gasteiger partial charge on any atom is -0.322 e. The van der Waals surface area contributed by atoms with E-state index in [0.29, 0.717) is 5.65 Å². The second kappa shape index (κ2) is 6.77. The molecule has 0 saturated carbocycles. The predicted molar refractivity (Wildman–Crippen MR) is 109 cm³/mol. The molecule has 29 heavy (non-hydrogen) atoms. The van der Waals surface area contributed by atoms with Crippen molar-refractivity contribution in [3.63, 3.8) is 0 Å². The van der Waals surface area contributed by atoms with Gasteiger partial charge < -0.3 is 5.32 Å². The topological polar surface area (TPSA) is 81.3 Å². The SMILES string of the molecule is Cc1ccc(NC(=O)Cn2nc3c4c5c(sc4ncn3c2=O)CCCC5)c(F)c1. The van der Waals surface area contributed by atoms with Crippen LogP contribution in [0.25, 0.3) is 15.9 Å². The number of amides is 1. The second-order valence-corrected chi connectivity index (χ2v) is 8.38. The number of carbonyl (C=O) groups excluding carboxylic acids is 1. The van der Waals surface area contributed by atoms with Gasteiger partial charge in [0.1, 0.15) is 23.5 Å². The van der Waals surface area contributed by atoms with Crippen LogP contribution in [0.5, 0.6) is 0 Å². The lowest BCUT2D eigenvalue weighted by Crippen LogP contribution is -2.28. The summed E-state index contributed by atoms with van der Waals surface area (Å²) >= 11 is 1.65. The summed E-state index contributed by atoms with van der Waals surface area (Å²) in [6.45, 7) is 1.46. The molecule has 0 atom stereocenters. The van der Waals surface area contributed by atoms with Crippen LogP contribution in [0.1, 0.15) is 28.8 Å². The van der Waals surface area contributed by atoms with Crippen LogP contribution in [-0.4, -0.2) is 25.1 Å². The zero-order chi connectivity index (χ0) is 20.1. The van der Waals surface area contributed by atoms with E-state index in [9.17, 15) is 14.0 Å². The Labute approximate surface area is 168 Å². The maximum atomic E-state index is 14.0. The maximum Gasteiger partial charge on any atom is 0.352 e. The number of halogens is 1. The zero-order valence-electron chi connectivity index (χ0n) is 15.7. The maximum absolute atomic E-state index is 14.0. The molecule has 7 nitrogen and oxygen atoms in total. The van der Waals surface area contributed by atoms with E-state index in [1.807, 2.05) is 0 Å². The number of rotatable bonds is 3. The van der Waals surface area contributed by atoms with Crippen molar-refractivity contribution in [2.75, 3.05) is 5.32 Å². The molecule has 0 saturated heterocycles. The number of anilines is 1. The molecule has 3 aromatic heterocycles. The van der Waals surface area contributed by atoms with Gasteiger partial charge in [0.25, 0.3) is 0 Å². The van der Waals surface area contributed by atoms with E-state index >= 15 is 0 Å². The molecule has 0 aliphatic heterocycles. The van der Waals surface area contributed by atoms with E-state index in [1.165, 1.54) is 33.3 Å². The third-order valence-electron chi connectivity index (χ3n) is 5.23. The average molecular weight is 411 g/mol. The van der Waals surface area contributed by atoms with Gasteiger partial charge in [-0.3, -0.25) is 4.79 Å². The highest BCUT2D eigenvalue weighted by Gasteiger charge is 2.22. The Morgan fingerprint density at radius 1 is 1.31 bits per heavy atom. The van der Waals surface area contributed by atoms with Crippen LogP contribution in [-0.2, 0) is 24.2 Å². The molecule has 1 amide bonds. The lowest BCUT2D eigenvalue weighted by Gasteiger charge is -2.09. The van der Waals surface area contributed by atoms with Gasteiger partial charge >= 0.3 is 5.69 Å². The number of thiophene rings is 1. The van der Waals surface area contributed by atoms with E-state index in [-0.39, 0.29) is 12.2 Å². The van der Waals surface area contributed by atoms with Gasteiger partial charge in [-0.05, 0) is 55.9 Å². The standard InChI is InChI=1S/C20H18FN5O2S/c1-11-6-7-14(13(21)8-11)23-16(27)9-26-20(28)25-10-22-19-17(18(25)24-26)12-4-2-3-5-15(12)29-19/h6-8,10H,2-5,9H2,1H3,(H,23,27). The van der Waals surface area contributed by atoms with Gasteiger partial charge in [0, 0.05) is 4.88 Å². The quantitative estimate of drug-likeness (QED) is 0.562. The summed E-state index contributed by atoms with van der Waals surface area (Å²) in [7, 11) is 0. The minimum atomic E-state index is -0.519. The number of benzene rings is 1. The van der Waals surface area contributed by atoms with Gasteiger partial charge in [-0.25, -0.2) is 23.3 Å². The number of aryl methyl sites for hydroxylation is 3. The molecular formula is C20H18FN5O2S. The summed E-state index contributed by atoms with van der Waals surface area (Å²) in [6, 6.07) is 4.55. The molecule has 0 unspecified atom stereocenters. The molecule has 0 spiro atoms. The molecule has 3 heterocycles. The van der Waals surface area contributed by atoms with Crippen molar-refractivity contribution >= 4 is 38.8 Å². The number of hydrogen-bond donors (Lipinski definition) is 1. The normalized spacial score (nSPS) is 13.7. The molecule has 1 aliphatic rings. The highest BCUT2D eigenvalue weighted by Crippen LogP contribution is 2.36. The molecule has 148 valence electrons. The summed E-state index contributed by atoms with van der Waals surface area (Å²) in [5.74, 6) is -1.04. The van der Waals surface area contributed by atoms with Gasteiger partial charge in [-0.15, -0.1) is 16.4 Å². The number of hydrogen-bond acceptors (Lipinski definition) is 5. The van der Waals surface area contributed by atoms with E-state index in [4.69, 9.17) is 0 Å². The van der Waals surface area contributed by atoms with Crippen molar-refractivity contribution in [2.45, 2.75) is 39.2 Å². The summed E-state index contributed by atoms with van der Waals surface area (Å²) in [5.41, 5.74) is 2.14. The third kappa shape index (κ3) is 3.02. The summed E-state index contributed by atoms with van der Waals surface area (Å²) in [6.07, 6.45) is 5.70. The largest absolute Gasteiger partial charge is 0.352 e. The third-order valence-corrected chi connectivity index (χ3v) is 6.43. The van der Waals surface area contributed by atoms with E-state index < -0.39 is 17.4 Å². The molecule has 9 heteroatoms. The smallest absolute Gasteiger partial charge is 0.322 e. The first-order chi connectivity index (χ1) is 14.0. The molecule has 5 rings (SSSR count). The van der Waals surface area contributed by atoms with E-state index in [1.54, 1.807) is 24.3 Å².